The Hall–Kier alpha value is -2.51. The Morgan fingerprint density at radius 2 is 1.84 bits per heavy atom. The normalized spacial score (nSPS) is 11.6. The van der Waals surface area contributed by atoms with Gasteiger partial charge in [0.15, 0.2) is 9.84 Å². The largest absolute Gasteiger partial charge is 0.395 e. The van der Waals surface area contributed by atoms with E-state index in [1.807, 2.05) is 0 Å². The Balaban J connectivity index is 1.99. The number of hydrogen-bond acceptors (Lipinski definition) is 4. The fraction of sp³-hybridized carbons (Fsp3) is 0.167. The smallest absolute Gasteiger partial charge is 0.180 e. The first-order chi connectivity index (χ1) is 11.9. The molecule has 0 atom stereocenters. The fourth-order valence-corrected chi connectivity index (χ4v) is 3.59. The van der Waals surface area contributed by atoms with Gasteiger partial charge in [-0.15, -0.1) is 0 Å². The minimum absolute atomic E-state index is 0.161. The maximum Gasteiger partial charge on any atom is 0.180 e. The molecular formula is C18H17FN2O3S. The zero-order valence-corrected chi connectivity index (χ0v) is 14.4. The SMILES string of the molecule is Cc1cc(-n2nccc2-c2ccc(S(=O)(=O)CCO)cc2)ccc1F. The van der Waals surface area contributed by atoms with Crippen LogP contribution in [-0.4, -0.2) is 35.7 Å². The van der Waals surface area contributed by atoms with Crippen molar-refractivity contribution < 1.29 is 17.9 Å². The van der Waals surface area contributed by atoms with Crippen molar-refractivity contribution in [1.29, 1.82) is 0 Å². The van der Waals surface area contributed by atoms with Crippen LogP contribution in [0.5, 0.6) is 0 Å². The van der Waals surface area contributed by atoms with E-state index in [9.17, 15) is 12.8 Å². The van der Waals surface area contributed by atoms with Gasteiger partial charge in [-0.05, 0) is 48.9 Å². The number of halogens is 1. The molecule has 0 amide bonds. The molecule has 1 aromatic heterocycles. The molecule has 0 aliphatic carbocycles. The van der Waals surface area contributed by atoms with E-state index in [0.717, 1.165) is 16.9 Å². The van der Waals surface area contributed by atoms with Crippen molar-refractivity contribution in [3.8, 4) is 16.9 Å². The van der Waals surface area contributed by atoms with Gasteiger partial charge in [-0.1, -0.05) is 12.1 Å². The van der Waals surface area contributed by atoms with Crippen LogP contribution < -0.4 is 0 Å². The van der Waals surface area contributed by atoms with Crippen LogP contribution >= 0.6 is 0 Å². The number of benzene rings is 2. The lowest BCUT2D eigenvalue weighted by molar-refractivity contribution is 0.319. The first-order valence-electron chi connectivity index (χ1n) is 7.67. The van der Waals surface area contributed by atoms with Crippen molar-refractivity contribution >= 4 is 9.84 Å². The molecule has 0 unspecified atom stereocenters. The molecule has 0 bridgehead atoms. The third-order valence-corrected chi connectivity index (χ3v) is 5.61. The number of aliphatic hydroxyl groups excluding tert-OH is 1. The monoisotopic (exact) mass is 360 g/mol. The Kier molecular flexibility index (Phi) is 4.69. The van der Waals surface area contributed by atoms with Gasteiger partial charge in [-0.3, -0.25) is 0 Å². The van der Waals surface area contributed by atoms with Gasteiger partial charge >= 0.3 is 0 Å². The summed E-state index contributed by atoms with van der Waals surface area (Å²) in [5, 5.41) is 13.1. The van der Waals surface area contributed by atoms with E-state index in [2.05, 4.69) is 5.10 Å². The summed E-state index contributed by atoms with van der Waals surface area (Å²) in [4.78, 5) is 0.161. The fourth-order valence-electron chi connectivity index (χ4n) is 2.56. The van der Waals surface area contributed by atoms with Crippen molar-refractivity contribution in [2.24, 2.45) is 0 Å². The van der Waals surface area contributed by atoms with Gasteiger partial charge in [0, 0.05) is 5.56 Å². The molecule has 0 spiro atoms. The molecule has 0 fully saturated rings. The van der Waals surface area contributed by atoms with E-state index < -0.39 is 16.4 Å². The minimum Gasteiger partial charge on any atom is -0.395 e. The third kappa shape index (κ3) is 3.47. The molecule has 2 aromatic carbocycles. The second-order valence-corrected chi connectivity index (χ2v) is 7.74. The third-order valence-electron chi connectivity index (χ3n) is 3.90. The van der Waals surface area contributed by atoms with E-state index in [1.165, 1.54) is 18.2 Å². The van der Waals surface area contributed by atoms with Crippen LogP contribution in [0.15, 0.2) is 59.6 Å². The number of aliphatic hydroxyl groups is 1. The molecule has 3 rings (SSSR count). The van der Waals surface area contributed by atoms with E-state index in [0.29, 0.717) is 5.56 Å². The number of hydrogen-bond donors (Lipinski definition) is 1. The summed E-state index contributed by atoms with van der Waals surface area (Å²) in [6, 6.07) is 12.9. The van der Waals surface area contributed by atoms with E-state index >= 15 is 0 Å². The van der Waals surface area contributed by atoms with Crippen LogP contribution in [-0.2, 0) is 9.84 Å². The molecule has 1 N–H and O–H groups in total. The summed E-state index contributed by atoms with van der Waals surface area (Å²) in [6.07, 6.45) is 1.63. The van der Waals surface area contributed by atoms with Crippen molar-refractivity contribution in [3.05, 3.63) is 66.1 Å². The maximum absolute atomic E-state index is 13.5. The molecule has 0 saturated carbocycles. The standard InChI is InChI=1S/C18H17FN2O3S/c1-13-12-15(4-7-17(13)19)21-18(8-9-20-21)14-2-5-16(6-3-14)25(23,24)11-10-22/h2-9,12,22H,10-11H2,1H3. The van der Waals surface area contributed by atoms with Gasteiger partial charge in [-0.25, -0.2) is 17.5 Å². The van der Waals surface area contributed by atoms with Gasteiger partial charge in [0.2, 0.25) is 0 Å². The van der Waals surface area contributed by atoms with Crippen LogP contribution in [0.2, 0.25) is 0 Å². The number of nitrogens with zero attached hydrogens (tertiary/aromatic N) is 2. The zero-order valence-electron chi connectivity index (χ0n) is 13.6. The summed E-state index contributed by atoms with van der Waals surface area (Å²) < 4.78 is 39.1. The molecule has 0 radical (unpaired) electrons. The van der Waals surface area contributed by atoms with Crippen molar-refractivity contribution in [2.45, 2.75) is 11.8 Å². The summed E-state index contributed by atoms with van der Waals surface area (Å²) >= 11 is 0. The van der Waals surface area contributed by atoms with E-state index in [-0.39, 0.29) is 16.5 Å². The average Bonchev–Trinajstić information content (AvgIpc) is 3.07. The molecule has 25 heavy (non-hydrogen) atoms. The Bertz CT molecular complexity index is 995. The zero-order chi connectivity index (χ0) is 18.0. The molecule has 5 nitrogen and oxygen atoms in total. The lowest BCUT2D eigenvalue weighted by Crippen LogP contribution is -2.09. The lowest BCUT2D eigenvalue weighted by atomic mass is 10.1. The second kappa shape index (κ2) is 6.78. The van der Waals surface area contributed by atoms with Crippen molar-refractivity contribution in [3.63, 3.8) is 0 Å². The quantitative estimate of drug-likeness (QED) is 0.759. The predicted octanol–water partition coefficient (Wildman–Crippen LogP) is 2.75. The minimum atomic E-state index is -3.48. The average molecular weight is 360 g/mol. The van der Waals surface area contributed by atoms with Crippen LogP contribution in [0.4, 0.5) is 4.39 Å². The number of aromatic nitrogens is 2. The van der Waals surface area contributed by atoms with Crippen LogP contribution in [0.25, 0.3) is 16.9 Å². The molecule has 0 aliphatic rings. The van der Waals surface area contributed by atoms with Crippen LogP contribution in [0.3, 0.4) is 0 Å². The highest BCUT2D eigenvalue weighted by Crippen LogP contribution is 2.25. The molecule has 1 heterocycles. The molecule has 0 saturated heterocycles. The van der Waals surface area contributed by atoms with E-state index in [4.69, 9.17) is 5.11 Å². The molecule has 7 heteroatoms. The molecular weight excluding hydrogens is 343 g/mol. The van der Waals surface area contributed by atoms with Crippen LogP contribution in [0.1, 0.15) is 5.56 Å². The second-order valence-electron chi connectivity index (χ2n) is 5.63. The molecule has 0 aliphatic heterocycles. The number of aryl methyl sites for hydroxylation is 1. The van der Waals surface area contributed by atoms with Crippen molar-refractivity contribution in [2.75, 3.05) is 12.4 Å². The van der Waals surface area contributed by atoms with Crippen molar-refractivity contribution in [1.82, 2.24) is 9.78 Å². The molecule has 3 aromatic rings. The van der Waals surface area contributed by atoms with Gasteiger partial charge in [-0.2, -0.15) is 5.10 Å². The number of sulfone groups is 1. The van der Waals surface area contributed by atoms with Crippen LogP contribution in [0, 0.1) is 12.7 Å². The Labute approximate surface area is 145 Å². The highest BCUT2D eigenvalue weighted by molar-refractivity contribution is 7.91. The van der Waals surface area contributed by atoms with Gasteiger partial charge in [0.05, 0.1) is 34.8 Å². The maximum atomic E-state index is 13.5. The Morgan fingerprint density at radius 3 is 2.48 bits per heavy atom. The first-order valence-corrected chi connectivity index (χ1v) is 9.32. The summed E-state index contributed by atoms with van der Waals surface area (Å²) in [5.41, 5.74) is 2.78. The van der Waals surface area contributed by atoms with Gasteiger partial charge in [0.25, 0.3) is 0 Å². The van der Waals surface area contributed by atoms with Gasteiger partial charge in [0.1, 0.15) is 5.82 Å². The van der Waals surface area contributed by atoms with E-state index in [1.54, 1.807) is 48.1 Å². The lowest BCUT2D eigenvalue weighted by Gasteiger charge is -2.10. The highest BCUT2D eigenvalue weighted by Gasteiger charge is 2.15. The summed E-state index contributed by atoms with van der Waals surface area (Å²) in [7, 11) is -3.48. The predicted molar refractivity (Wildman–Crippen MR) is 92.8 cm³/mol. The summed E-state index contributed by atoms with van der Waals surface area (Å²) in [6.45, 7) is 1.27. The topological polar surface area (TPSA) is 72.2 Å². The molecule has 130 valence electrons. The summed E-state index contributed by atoms with van der Waals surface area (Å²) in [5.74, 6) is -0.588. The number of rotatable bonds is 5. The highest BCUT2D eigenvalue weighted by atomic mass is 32.2. The van der Waals surface area contributed by atoms with Gasteiger partial charge < -0.3 is 5.11 Å². The first kappa shape index (κ1) is 17.3. The Morgan fingerprint density at radius 1 is 1.12 bits per heavy atom.